The topological polar surface area (TPSA) is 90.5 Å². The first-order valence-corrected chi connectivity index (χ1v) is 8.13. The number of hydrogen-bond donors (Lipinski definition) is 1. The van der Waals surface area contributed by atoms with E-state index in [9.17, 15) is 4.79 Å². The molecule has 0 bridgehead atoms. The van der Waals surface area contributed by atoms with Gasteiger partial charge < -0.3 is 5.32 Å². The van der Waals surface area contributed by atoms with E-state index in [0.717, 1.165) is 17.0 Å². The van der Waals surface area contributed by atoms with Crippen molar-refractivity contribution < 1.29 is 4.79 Å². The van der Waals surface area contributed by atoms with Gasteiger partial charge in [-0.3, -0.25) is 9.48 Å². The highest BCUT2D eigenvalue weighted by molar-refractivity contribution is 5.94. The third kappa shape index (κ3) is 4.28. The molecule has 2 heterocycles. The molecule has 0 saturated carbocycles. The fraction of sp³-hybridized carbons (Fsp3) is 0.353. The van der Waals surface area contributed by atoms with E-state index in [1.165, 1.54) is 0 Å². The minimum atomic E-state index is -0.0944. The van der Waals surface area contributed by atoms with Crippen LogP contribution in [-0.4, -0.2) is 41.9 Å². The molecule has 0 spiro atoms. The molecular formula is C17H21N7O. The fourth-order valence-corrected chi connectivity index (χ4v) is 2.67. The third-order valence-corrected chi connectivity index (χ3v) is 3.88. The van der Waals surface area contributed by atoms with Gasteiger partial charge in [-0.15, -0.1) is 5.10 Å². The van der Waals surface area contributed by atoms with E-state index < -0.39 is 0 Å². The lowest BCUT2D eigenvalue weighted by Crippen LogP contribution is -2.36. The number of tetrazole rings is 1. The Bertz CT molecular complexity index is 837. The van der Waals surface area contributed by atoms with Crippen LogP contribution in [0.4, 0.5) is 0 Å². The number of amides is 1. The van der Waals surface area contributed by atoms with Crippen LogP contribution in [0, 0.1) is 13.8 Å². The molecule has 8 heteroatoms. The molecule has 1 N–H and O–H groups in total. The number of nitrogens with zero attached hydrogens (tertiary/aromatic N) is 6. The normalized spacial score (nSPS) is 12.1. The first kappa shape index (κ1) is 16.8. The second kappa shape index (κ2) is 7.25. The van der Waals surface area contributed by atoms with Gasteiger partial charge in [0.05, 0.1) is 18.8 Å². The summed E-state index contributed by atoms with van der Waals surface area (Å²) in [7, 11) is 0. The lowest BCUT2D eigenvalue weighted by Gasteiger charge is -2.15. The number of carbonyl (C=O) groups is 1. The van der Waals surface area contributed by atoms with Gasteiger partial charge in [0, 0.05) is 17.3 Å². The van der Waals surface area contributed by atoms with E-state index >= 15 is 0 Å². The summed E-state index contributed by atoms with van der Waals surface area (Å²) in [6, 6.07) is 9.44. The average molecular weight is 339 g/mol. The largest absolute Gasteiger partial charge is 0.348 e. The van der Waals surface area contributed by atoms with Crippen LogP contribution in [0.1, 0.15) is 34.2 Å². The molecule has 130 valence electrons. The zero-order valence-corrected chi connectivity index (χ0v) is 14.5. The molecule has 1 aromatic carbocycles. The second-order valence-corrected chi connectivity index (χ2v) is 6.19. The summed E-state index contributed by atoms with van der Waals surface area (Å²) in [5.74, 6) is -0.0944. The van der Waals surface area contributed by atoms with Crippen LogP contribution in [0.5, 0.6) is 0 Å². The number of aryl methyl sites for hydroxylation is 2. The average Bonchev–Trinajstić information content (AvgIpc) is 3.18. The zero-order valence-electron chi connectivity index (χ0n) is 14.5. The standard InChI is InChI=1S/C17H21N7O/c1-12-8-14(3)24(20-12)9-13(2)19-17(25)16-6-4-15(5-7-16)10-23-11-18-21-22-23/h4-8,11,13H,9-10H2,1-3H3,(H,19,25). The highest BCUT2D eigenvalue weighted by Crippen LogP contribution is 2.07. The lowest BCUT2D eigenvalue weighted by atomic mass is 10.1. The zero-order chi connectivity index (χ0) is 17.8. The molecule has 2 aromatic heterocycles. The molecule has 1 unspecified atom stereocenters. The summed E-state index contributed by atoms with van der Waals surface area (Å²) in [6.45, 7) is 7.16. The number of hydrogen-bond acceptors (Lipinski definition) is 5. The summed E-state index contributed by atoms with van der Waals surface area (Å²) in [5.41, 5.74) is 3.72. The lowest BCUT2D eigenvalue weighted by molar-refractivity contribution is 0.0936. The van der Waals surface area contributed by atoms with Crippen LogP contribution in [0.3, 0.4) is 0 Å². The van der Waals surface area contributed by atoms with Crippen molar-refractivity contribution in [3.63, 3.8) is 0 Å². The maximum absolute atomic E-state index is 12.4. The van der Waals surface area contributed by atoms with Gasteiger partial charge in [-0.1, -0.05) is 12.1 Å². The molecule has 0 radical (unpaired) electrons. The second-order valence-electron chi connectivity index (χ2n) is 6.19. The summed E-state index contributed by atoms with van der Waals surface area (Å²) in [4.78, 5) is 12.4. The molecule has 0 saturated heterocycles. The molecule has 1 amide bonds. The quantitative estimate of drug-likeness (QED) is 0.732. The maximum atomic E-state index is 12.4. The molecule has 0 aliphatic rings. The van der Waals surface area contributed by atoms with Gasteiger partial charge in [0.25, 0.3) is 5.91 Å². The molecule has 3 aromatic rings. The number of benzene rings is 1. The van der Waals surface area contributed by atoms with Gasteiger partial charge >= 0.3 is 0 Å². The minimum Gasteiger partial charge on any atom is -0.348 e. The Morgan fingerprint density at radius 2 is 2.00 bits per heavy atom. The van der Waals surface area contributed by atoms with Crippen molar-refractivity contribution in [3.05, 3.63) is 59.2 Å². The molecule has 3 rings (SSSR count). The number of rotatable bonds is 6. The number of nitrogens with one attached hydrogen (secondary N) is 1. The minimum absolute atomic E-state index is 0.0219. The predicted octanol–water partition coefficient (Wildman–Crippen LogP) is 1.35. The Kier molecular flexibility index (Phi) is 4.87. The SMILES string of the molecule is Cc1cc(C)n(CC(C)NC(=O)c2ccc(Cn3cnnn3)cc2)n1. The number of aromatic nitrogens is 6. The summed E-state index contributed by atoms with van der Waals surface area (Å²) < 4.78 is 3.54. The van der Waals surface area contributed by atoms with Crippen LogP contribution < -0.4 is 5.32 Å². The molecule has 8 nitrogen and oxygen atoms in total. The highest BCUT2D eigenvalue weighted by Gasteiger charge is 2.12. The first-order chi connectivity index (χ1) is 12.0. The van der Waals surface area contributed by atoms with E-state index in [2.05, 4.69) is 25.9 Å². The van der Waals surface area contributed by atoms with Crippen molar-refractivity contribution in [1.29, 1.82) is 0 Å². The van der Waals surface area contributed by atoms with Gasteiger partial charge in [0.15, 0.2) is 0 Å². The molecular weight excluding hydrogens is 318 g/mol. The van der Waals surface area contributed by atoms with Crippen molar-refractivity contribution in [2.45, 2.75) is 39.9 Å². The van der Waals surface area contributed by atoms with E-state index in [1.807, 2.05) is 55.8 Å². The predicted molar refractivity (Wildman–Crippen MR) is 92.0 cm³/mol. The molecule has 0 fully saturated rings. The first-order valence-electron chi connectivity index (χ1n) is 8.13. The van der Waals surface area contributed by atoms with E-state index in [1.54, 1.807) is 11.0 Å². The van der Waals surface area contributed by atoms with E-state index in [4.69, 9.17) is 0 Å². The van der Waals surface area contributed by atoms with E-state index in [-0.39, 0.29) is 11.9 Å². The Balaban J connectivity index is 1.58. The van der Waals surface area contributed by atoms with E-state index in [0.29, 0.717) is 18.7 Å². The summed E-state index contributed by atoms with van der Waals surface area (Å²) in [6.07, 6.45) is 1.56. The summed E-state index contributed by atoms with van der Waals surface area (Å²) in [5, 5.41) is 18.5. The van der Waals surface area contributed by atoms with Crippen LogP contribution in [-0.2, 0) is 13.1 Å². The van der Waals surface area contributed by atoms with Crippen molar-refractivity contribution >= 4 is 5.91 Å². The van der Waals surface area contributed by atoms with Gasteiger partial charge in [0.1, 0.15) is 6.33 Å². The van der Waals surface area contributed by atoms with Crippen LogP contribution in [0.15, 0.2) is 36.7 Å². The fourth-order valence-electron chi connectivity index (χ4n) is 2.67. The number of carbonyl (C=O) groups excluding carboxylic acids is 1. The Hall–Kier alpha value is -3.03. The Morgan fingerprint density at radius 1 is 1.24 bits per heavy atom. The Morgan fingerprint density at radius 3 is 2.60 bits per heavy atom. The maximum Gasteiger partial charge on any atom is 0.251 e. The van der Waals surface area contributed by atoms with Gasteiger partial charge in [-0.25, -0.2) is 4.68 Å². The van der Waals surface area contributed by atoms with Gasteiger partial charge in [0.2, 0.25) is 0 Å². The van der Waals surface area contributed by atoms with Crippen LogP contribution in [0.25, 0.3) is 0 Å². The van der Waals surface area contributed by atoms with Crippen molar-refractivity contribution in [2.24, 2.45) is 0 Å². The van der Waals surface area contributed by atoms with Gasteiger partial charge in [-0.05, 0) is 55.0 Å². The molecule has 0 aliphatic carbocycles. The highest BCUT2D eigenvalue weighted by atomic mass is 16.1. The smallest absolute Gasteiger partial charge is 0.251 e. The van der Waals surface area contributed by atoms with Gasteiger partial charge in [-0.2, -0.15) is 5.10 Å². The third-order valence-electron chi connectivity index (χ3n) is 3.88. The van der Waals surface area contributed by atoms with Crippen molar-refractivity contribution in [1.82, 2.24) is 35.3 Å². The van der Waals surface area contributed by atoms with Crippen LogP contribution >= 0.6 is 0 Å². The van der Waals surface area contributed by atoms with Crippen molar-refractivity contribution in [2.75, 3.05) is 0 Å². The monoisotopic (exact) mass is 339 g/mol. The summed E-state index contributed by atoms with van der Waals surface area (Å²) >= 11 is 0. The van der Waals surface area contributed by atoms with Crippen LogP contribution in [0.2, 0.25) is 0 Å². The molecule has 1 atom stereocenters. The Labute approximate surface area is 145 Å². The van der Waals surface area contributed by atoms with Crippen molar-refractivity contribution in [3.8, 4) is 0 Å². The molecule has 0 aliphatic heterocycles. The molecule has 25 heavy (non-hydrogen) atoms.